The third-order valence-corrected chi connectivity index (χ3v) is 2.21. The molecule has 1 aromatic carbocycles. The fourth-order valence-electron chi connectivity index (χ4n) is 1.40. The molecule has 1 aromatic rings. The number of nitrogens with one attached hydrogen (secondary N) is 2. The van der Waals surface area contributed by atoms with Crippen LogP contribution in [0.5, 0.6) is 5.75 Å². The summed E-state index contributed by atoms with van der Waals surface area (Å²) in [5, 5.41) is 6.15. The van der Waals surface area contributed by atoms with Crippen LogP contribution in [0.15, 0.2) is 23.2 Å². The van der Waals surface area contributed by atoms with Crippen LogP contribution in [0.3, 0.4) is 0 Å². The van der Waals surface area contributed by atoms with Crippen LogP contribution in [0.4, 0.5) is 8.78 Å². The molecule has 0 saturated heterocycles. The second-order valence-corrected chi connectivity index (χ2v) is 3.72. The van der Waals surface area contributed by atoms with Crippen LogP contribution >= 0.6 is 24.0 Å². The van der Waals surface area contributed by atoms with Gasteiger partial charge >= 0.3 is 0 Å². The molecule has 0 saturated carbocycles. The van der Waals surface area contributed by atoms with Crippen LogP contribution in [0.1, 0.15) is 13.8 Å². The van der Waals surface area contributed by atoms with Gasteiger partial charge < -0.3 is 15.4 Å². The van der Waals surface area contributed by atoms with Crippen LogP contribution in [-0.4, -0.2) is 32.2 Å². The molecule has 7 heteroatoms. The number of rotatable bonds is 6. The summed E-state index contributed by atoms with van der Waals surface area (Å²) < 4.78 is 30.9. The van der Waals surface area contributed by atoms with Gasteiger partial charge in [0.1, 0.15) is 12.4 Å². The van der Waals surface area contributed by atoms with E-state index in [4.69, 9.17) is 4.74 Å². The van der Waals surface area contributed by atoms with E-state index in [-0.39, 0.29) is 24.0 Å². The highest BCUT2D eigenvalue weighted by Gasteiger charge is 2.02. The summed E-state index contributed by atoms with van der Waals surface area (Å²) >= 11 is 0. The summed E-state index contributed by atoms with van der Waals surface area (Å²) in [7, 11) is 0. The lowest BCUT2D eigenvalue weighted by atomic mass is 10.3. The summed E-state index contributed by atoms with van der Waals surface area (Å²) in [4.78, 5) is 4.26. The Labute approximate surface area is 135 Å². The summed E-state index contributed by atoms with van der Waals surface area (Å²) in [6, 6.07) is 3.45. The normalized spacial score (nSPS) is 9.40. The molecule has 2 N–H and O–H groups in total. The minimum absolute atomic E-state index is 0. The summed E-state index contributed by atoms with van der Waals surface area (Å²) in [6.45, 7) is 6.22. The fraction of sp³-hybridized carbons (Fsp3) is 0.462. The molecule has 0 radical (unpaired) electrons. The van der Waals surface area contributed by atoms with Gasteiger partial charge in [0.2, 0.25) is 0 Å². The van der Waals surface area contributed by atoms with E-state index < -0.39 is 11.6 Å². The van der Waals surface area contributed by atoms with Crippen LogP contribution in [0.2, 0.25) is 0 Å². The Morgan fingerprint density at radius 1 is 1.15 bits per heavy atom. The fourth-order valence-corrected chi connectivity index (χ4v) is 1.40. The van der Waals surface area contributed by atoms with E-state index in [1.54, 1.807) is 0 Å². The Morgan fingerprint density at radius 2 is 1.80 bits per heavy atom. The monoisotopic (exact) mass is 399 g/mol. The topological polar surface area (TPSA) is 45.7 Å². The minimum Gasteiger partial charge on any atom is -0.492 e. The lowest BCUT2D eigenvalue weighted by molar-refractivity contribution is 0.325. The molecular formula is C13H20F2IN3O. The Hall–Kier alpha value is -1.12. The molecule has 0 aliphatic carbocycles. The highest BCUT2D eigenvalue weighted by atomic mass is 127. The van der Waals surface area contributed by atoms with Crippen LogP contribution in [0.25, 0.3) is 0 Å². The van der Waals surface area contributed by atoms with Gasteiger partial charge in [-0.2, -0.15) is 0 Å². The number of halogens is 3. The van der Waals surface area contributed by atoms with E-state index in [9.17, 15) is 8.78 Å². The third kappa shape index (κ3) is 6.88. The van der Waals surface area contributed by atoms with E-state index in [1.807, 2.05) is 13.8 Å². The van der Waals surface area contributed by atoms with Crippen molar-refractivity contribution in [1.29, 1.82) is 0 Å². The number of hydrogen-bond acceptors (Lipinski definition) is 2. The molecule has 0 amide bonds. The molecule has 1 rings (SSSR count). The number of benzene rings is 1. The predicted octanol–water partition coefficient (Wildman–Crippen LogP) is 2.54. The maximum Gasteiger partial charge on any atom is 0.191 e. The van der Waals surface area contributed by atoms with E-state index >= 15 is 0 Å². The SMILES string of the molecule is CCNC(=NCCOc1ccc(F)c(F)c1)NCC.I. The van der Waals surface area contributed by atoms with Gasteiger partial charge in [0, 0.05) is 19.2 Å². The quantitative estimate of drug-likeness (QED) is 0.335. The highest BCUT2D eigenvalue weighted by molar-refractivity contribution is 14.0. The highest BCUT2D eigenvalue weighted by Crippen LogP contribution is 2.14. The predicted molar refractivity (Wildman–Crippen MR) is 86.9 cm³/mol. The molecule has 0 aromatic heterocycles. The van der Waals surface area contributed by atoms with E-state index in [1.165, 1.54) is 6.07 Å². The molecule has 0 aliphatic rings. The minimum atomic E-state index is -0.915. The zero-order valence-corrected chi connectivity index (χ0v) is 13.9. The van der Waals surface area contributed by atoms with Crippen molar-refractivity contribution >= 4 is 29.9 Å². The summed E-state index contributed by atoms with van der Waals surface area (Å²) in [6.07, 6.45) is 0. The van der Waals surface area contributed by atoms with Crippen molar-refractivity contribution in [3.8, 4) is 5.75 Å². The van der Waals surface area contributed by atoms with Gasteiger partial charge in [0.15, 0.2) is 17.6 Å². The Balaban J connectivity index is 0.00000361. The van der Waals surface area contributed by atoms with Crippen LogP contribution < -0.4 is 15.4 Å². The number of nitrogens with zero attached hydrogens (tertiary/aromatic N) is 1. The number of hydrogen-bond donors (Lipinski definition) is 2. The van der Waals surface area contributed by atoms with E-state index in [0.717, 1.165) is 25.2 Å². The number of ether oxygens (including phenoxy) is 1. The summed E-state index contributed by atoms with van der Waals surface area (Å²) in [5.74, 6) is -0.796. The smallest absolute Gasteiger partial charge is 0.191 e. The van der Waals surface area contributed by atoms with Gasteiger partial charge in [-0.3, -0.25) is 0 Å². The van der Waals surface area contributed by atoms with Gasteiger partial charge in [-0.1, -0.05) is 0 Å². The molecule has 0 atom stereocenters. The van der Waals surface area contributed by atoms with E-state index in [2.05, 4.69) is 15.6 Å². The second kappa shape index (κ2) is 10.6. The second-order valence-electron chi connectivity index (χ2n) is 3.72. The molecule has 20 heavy (non-hydrogen) atoms. The van der Waals surface area contributed by atoms with Crippen molar-refractivity contribution in [1.82, 2.24) is 10.6 Å². The van der Waals surface area contributed by atoms with Gasteiger partial charge in [-0.25, -0.2) is 13.8 Å². The largest absolute Gasteiger partial charge is 0.492 e. The average molecular weight is 399 g/mol. The zero-order chi connectivity index (χ0) is 14.1. The maximum atomic E-state index is 12.9. The first-order valence-electron chi connectivity index (χ1n) is 6.27. The molecule has 114 valence electrons. The lowest BCUT2D eigenvalue weighted by Gasteiger charge is -2.09. The lowest BCUT2D eigenvalue weighted by Crippen LogP contribution is -2.37. The summed E-state index contributed by atoms with van der Waals surface area (Å²) in [5.41, 5.74) is 0. The molecular weight excluding hydrogens is 379 g/mol. The van der Waals surface area contributed by atoms with Crippen molar-refractivity contribution in [3.05, 3.63) is 29.8 Å². The van der Waals surface area contributed by atoms with E-state index in [0.29, 0.717) is 24.9 Å². The van der Waals surface area contributed by atoms with Crippen LogP contribution in [0, 0.1) is 11.6 Å². The molecule has 4 nitrogen and oxygen atoms in total. The first-order valence-corrected chi connectivity index (χ1v) is 6.27. The standard InChI is InChI=1S/C13H19F2N3O.HI/c1-3-16-13(17-4-2)18-7-8-19-10-5-6-11(14)12(15)9-10;/h5-6,9H,3-4,7-8H2,1-2H3,(H2,16,17,18);1H. The van der Waals surface area contributed by atoms with Gasteiger partial charge in [0.25, 0.3) is 0 Å². The molecule has 0 unspecified atom stereocenters. The molecule has 0 aliphatic heterocycles. The Bertz CT molecular complexity index is 422. The van der Waals surface area contributed by atoms with Crippen molar-refractivity contribution in [3.63, 3.8) is 0 Å². The molecule has 0 bridgehead atoms. The van der Waals surface area contributed by atoms with Crippen molar-refractivity contribution in [2.45, 2.75) is 13.8 Å². The Morgan fingerprint density at radius 3 is 2.35 bits per heavy atom. The Kier molecular flexibility index (Phi) is 10.0. The molecule has 0 fully saturated rings. The molecule has 0 spiro atoms. The van der Waals surface area contributed by atoms with Crippen molar-refractivity contribution < 1.29 is 13.5 Å². The van der Waals surface area contributed by atoms with Gasteiger partial charge in [-0.05, 0) is 26.0 Å². The van der Waals surface area contributed by atoms with Crippen molar-refractivity contribution in [2.24, 2.45) is 4.99 Å². The van der Waals surface area contributed by atoms with Gasteiger partial charge in [0.05, 0.1) is 6.54 Å². The van der Waals surface area contributed by atoms with Crippen molar-refractivity contribution in [2.75, 3.05) is 26.2 Å². The first kappa shape index (κ1) is 18.9. The molecule has 0 heterocycles. The third-order valence-electron chi connectivity index (χ3n) is 2.21. The van der Waals surface area contributed by atoms with Gasteiger partial charge in [-0.15, -0.1) is 24.0 Å². The zero-order valence-electron chi connectivity index (χ0n) is 11.6. The van der Waals surface area contributed by atoms with Crippen LogP contribution in [-0.2, 0) is 0 Å². The number of guanidine groups is 1. The maximum absolute atomic E-state index is 12.9. The average Bonchev–Trinajstić information content (AvgIpc) is 2.39. The first-order chi connectivity index (χ1) is 9.17. The number of aliphatic imine (C=N–C) groups is 1.